The smallest absolute Gasteiger partial charge is 0.145 e. The van der Waals surface area contributed by atoms with E-state index in [0.717, 1.165) is 24.8 Å². The third-order valence-electron chi connectivity index (χ3n) is 5.13. The lowest BCUT2D eigenvalue weighted by Crippen LogP contribution is -2.62. The van der Waals surface area contributed by atoms with E-state index < -0.39 is 37.2 Å². The quantitative estimate of drug-likeness (QED) is 0.204. The molecule has 2 unspecified atom stereocenters. The molecule has 0 aromatic carbocycles. The van der Waals surface area contributed by atoms with E-state index >= 15 is 0 Å². The molecule has 9 heteroatoms. The molecule has 9 nitrogen and oxygen atoms in total. The number of aliphatic hydroxyl groups excluding tert-OH is 3. The normalized spacial score (nSPS) is 34.9. The van der Waals surface area contributed by atoms with Crippen molar-refractivity contribution in [2.24, 2.45) is 11.0 Å². The maximum absolute atomic E-state index is 10.3. The van der Waals surface area contributed by atoms with Crippen LogP contribution < -0.4 is 0 Å². The van der Waals surface area contributed by atoms with E-state index in [1.54, 1.807) is 0 Å². The molecular formula is C17H28N4O5. The molecule has 6 atom stereocenters. The van der Waals surface area contributed by atoms with Crippen LogP contribution in [-0.2, 0) is 9.57 Å². The number of hydroxylamine groups is 2. The van der Waals surface area contributed by atoms with Gasteiger partial charge in [-0.25, -0.2) is 0 Å². The Balaban J connectivity index is 2.15. The topological polar surface area (TPSA) is 131 Å². The fraction of sp³-hybridized carbons (Fsp3) is 0.765. The molecule has 2 aliphatic rings. The van der Waals surface area contributed by atoms with Crippen molar-refractivity contribution >= 4 is 0 Å². The molecule has 1 heterocycles. The molecule has 1 aliphatic carbocycles. The maximum atomic E-state index is 10.3. The minimum absolute atomic E-state index is 0.405. The van der Waals surface area contributed by atoms with Gasteiger partial charge in [-0.3, -0.25) is 4.84 Å². The Kier molecular flexibility index (Phi) is 7.60. The highest BCUT2D eigenvalue weighted by atomic mass is 16.7. The van der Waals surface area contributed by atoms with Crippen LogP contribution in [0.15, 0.2) is 28.9 Å². The fourth-order valence-electron chi connectivity index (χ4n) is 3.44. The summed E-state index contributed by atoms with van der Waals surface area (Å²) in [6.45, 7) is 5.98. The van der Waals surface area contributed by atoms with Gasteiger partial charge in [0.15, 0.2) is 0 Å². The number of hydrogen-bond acceptors (Lipinski definition) is 7. The number of nitrogens with zero attached hydrogens (tertiary/aromatic N) is 4. The van der Waals surface area contributed by atoms with Gasteiger partial charge < -0.3 is 20.1 Å². The van der Waals surface area contributed by atoms with Gasteiger partial charge in [0, 0.05) is 11.5 Å². The molecule has 3 N–H and O–H groups in total. The molecule has 2 rings (SSSR count). The number of rotatable bonds is 7. The first-order valence-corrected chi connectivity index (χ1v) is 8.73. The van der Waals surface area contributed by atoms with Gasteiger partial charge in [0.2, 0.25) is 0 Å². The Bertz CT molecular complexity index is 578. The van der Waals surface area contributed by atoms with Crippen molar-refractivity contribution in [2.75, 3.05) is 20.3 Å². The summed E-state index contributed by atoms with van der Waals surface area (Å²) in [5.74, 6) is 0.479. The number of azide groups is 1. The van der Waals surface area contributed by atoms with Crippen molar-refractivity contribution in [2.45, 2.75) is 56.8 Å². The van der Waals surface area contributed by atoms with E-state index in [2.05, 4.69) is 22.7 Å². The molecule has 0 saturated carbocycles. The second-order valence-corrected chi connectivity index (χ2v) is 6.86. The van der Waals surface area contributed by atoms with Crippen LogP contribution in [0, 0.1) is 5.92 Å². The van der Waals surface area contributed by atoms with Crippen molar-refractivity contribution < 1.29 is 24.9 Å². The first-order chi connectivity index (χ1) is 12.4. The third-order valence-corrected chi connectivity index (χ3v) is 5.13. The van der Waals surface area contributed by atoms with Gasteiger partial charge in [-0.2, -0.15) is 5.06 Å². The van der Waals surface area contributed by atoms with Crippen LogP contribution in [0.1, 0.15) is 26.2 Å². The third kappa shape index (κ3) is 4.63. The first kappa shape index (κ1) is 20.9. The molecule has 0 amide bonds. The zero-order valence-corrected chi connectivity index (χ0v) is 15.2. The lowest BCUT2D eigenvalue weighted by atomic mass is 9.85. The largest absolute Gasteiger partial charge is 0.394 e. The van der Waals surface area contributed by atoms with Crippen LogP contribution in [0.3, 0.4) is 0 Å². The van der Waals surface area contributed by atoms with E-state index in [1.807, 2.05) is 6.92 Å². The summed E-state index contributed by atoms with van der Waals surface area (Å²) in [6, 6.07) is -1.06. The standard InChI is InChI=1S/C17H28N4O5/c1-10(2)12-6-4-11(5-7-12)8-21(25-3)17-14(19-20-18)16(24)15(23)13(9-22)26-17/h4,12-17,22-24H,1,5-9H2,2-3H3/t12-,13-,14?,15-,16-,17?/m1/s1. The Morgan fingerprint density at radius 1 is 1.50 bits per heavy atom. The lowest BCUT2D eigenvalue weighted by Gasteiger charge is -2.44. The monoisotopic (exact) mass is 368 g/mol. The number of aliphatic hydroxyl groups is 3. The average molecular weight is 368 g/mol. The molecule has 0 radical (unpaired) electrons. The van der Waals surface area contributed by atoms with Gasteiger partial charge in [0.25, 0.3) is 0 Å². The predicted molar refractivity (Wildman–Crippen MR) is 94.6 cm³/mol. The van der Waals surface area contributed by atoms with E-state index in [1.165, 1.54) is 17.7 Å². The van der Waals surface area contributed by atoms with Gasteiger partial charge >= 0.3 is 0 Å². The van der Waals surface area contributed by atoms with Crippen LogP contribution in [-0.4, -0.2) is 71.2 Å². The molecule has 0 aromatic heterocycles. The fourth-order valence-corrected chi connectivity index (χ4v) is 3.44. The van der Waals surface area contributed by atoms with Gasteiger partial charge in [-0.1, -0.05) is 28.9 Å². The summed E-state index contributed by atoms with van der Waals surface area (Å²) in [5.41, 5.74) is 11.1. The minimum Gasteiger partial charge on any atom is -0.394 e. The van der Waals surface area contributed by atoms with Crippen LogP contribution in [0.4, 0.5) is 0 Å². The van der Waals surface area contributed by atoms with Crippen LogP contribution >= 0.6 is 0 Å². The summed E-state index contributed by atoms with van der Waals surface area (Å²) >= 11 is 0. The van der Waals surface area contributed by atoms with Gasteiger partial charge in [0.1, 0.15) is 24.5 Å². The van der Waals surface area contributed by atoms with E-state index in [9.17, 15) is 15.3 Å². The Morgan fingerprint density at radius 3 is 2.73 bits per heavy atom. The second-order valence-electron chi connectivity index (χ2n) is 6.86. The van der Waals surface area contributed by atoms with Crippen molar-refractivity contribution in [3.8, 4) is 0 Å². The Hall–Kier alpha value is -1.45. The van der Waals surface area contributed by atoms with Gasteiger partial charge in [-0.15, -0.1) is 0 Å². The molecule has 26 heavy (non-hydrogen) atoms. The average Bonchev–Trinajstić information content (AvgIpc) is 2.64. The highest BCUT2D eigenvalue weighted by Gasteiger charge is 2.46. The maximum Gasteiger partial charge on any atom is 0.145 e. The molecule has 0 aromatic rings. The zero-order valence-electron chi connectivity index (χ0n) is 15.2. The van der Waals surface area contributed by atoms with Gasteiger partial charge in [-0.05, 0) is 37.6 Å². The molecule has 0 bridgehead atoms. The van der Waals surface area contributed by atoms with E-state index in [0.29, 0.717) is 12.5 Å². The van der Waals surface area contributed by atoms with Crippen molar-refractivity contribution in [3.63, 3.8) is 0 Å². The van der Waals surface area contributed by atoms with E-state index in [4.69, 9.17) is 15.1 Å². The minimum atomic E-state index is -1.37. The lowest BCUT2D eigenvalue weighted by molar-refractivity contribution is -0.298. The highest BCUT2D eigenvalue weighted by Crippen LogP contribution is 2.31. The molecule has 1 aliphatic heterocycles. The number of hydrogen-bond donors (Lipinski definition) is 3. The zero-order chi connectivity index (χ0) is 19.3. The summed E-state index contributed by atoms with van der Waals surface area (Å²) in [7, 11) is 1.46. The van der Waals surface area contributed by atoms with E-state index in [-0.39, 0.29) is 0 Å². The molecule has 1 saturated heterocycles. The molecule has 1 fully saturated rings. The first-order valence-electron chi connectivity index (χ1n) is 8.73. The molecule has 0 spiro atoms. The Morgan fingerprint density at radius 2 is 2.23 bits per heavy atom. The van der Waals surface area contributed by atoms with Crippen molar-refractivity contribution in [1.29, 1.82) is 0 Å². The number of allylic oxidation sites excluding steroid dienone is 2. The van der Waals surface area contributed by atoms with Crippen molar-refractivity contribution in [1.82, 2.24) is 5.06 Å². The Labute approximate surface area is 153 Å². The second kappa shape index (κ2) is 9.48. The van der Waals surface area contributed by atoms with Crippen LogP contribution in [0.5, 0.6) is 0 Å². The predicted octanol–water partition coefficient (Wildman–Crippen LogP) is 1.27. The van der Waals surface area contributed by atoms with Crippen LogP contribution in [0.2, 0.25) is 0 Å². The summed E-state index contributed by atoms with van der Waals surface area (Å²) in [4.78, 5) is 8.16. The SMILES string of the molecule is C=C(C)[C@@H]1CC=C(CN(OC)C2O[C@H](CO)[C@@H](O)[C@H](O)C2N=[N+]=[N-])CC1. The summed E-state index contributed by atoms with van der Waals surface area (Å²) in [6.07, 6.45) is 0.305. The van der Waals surface area contributed by atoms with Gasteiger partial charge in [0.05, 0.1) is 19.8 Å². The van der Waals surface area contributed by atoms with Crippen molar-refractivity contribution in [3.05, 3.63) is 34.2 Å². The highest BCUT2D eigenvalue weighted by molar-refractivity contribution is 5.13. The molecule has 146 valence electrons. The molecular weight excluding hydrogens is 340 g/mol. The number of ether oxygens (including phenoxy) is 1. The van der Waals surface area contributed by atoms with Crippen LogP contribution in [0.25, 0.3) is 10.4 Å². The summed E-state index contributed by atoms with van der Waals surface area (Å²) in [5, 5.41) is 34.7. The summed E-state index contributed by atoms with van der Waals surface area (Å²) < 4.78 is 5.67.